The van der Waals surface area contributed by atoms with Gasteiger partial charge in [-0.15, -0.1) is 11.3 Å². The first-order valence-electron chi connectivity index (χ1n) is 10.2. The van der Waals surface area contributed by atoms with Gasteiger partial charge in [0.15, 0.2) is 0 Å². The van der Waals surface area contributed by atoms with E-state index in [1.165, 1.54) is 22.0 Å². The van der Waals surface area contributed by atoms with Crippen molar-refractivity contribution in [1.82, 2.24) is 15.3 Å². The van der Waals surface area contributed by atoms with Gasteiger partial charge < -0.3 is 10.3 Å². The molecule has 0 spiro atoms. The van der Waals surface area contributed by atoms with Gasteiger partial charge in [0, 0.05) is 34.6 Å². The normalized spacial score (nSPS) is 12.3. The summed E-state index contributed by atoms with van der Waals surface area (Å²) in [5.74, 6) is 0. The fraction of sp³-hybridized carbons (Fsp3) is 0.115. The first kappa shape index (κ1) is 18.8. The molecule has 5 rings (SSSR count). The van der Waals surface area contributed by atoms with Crippen LogP contribution >= 0.6 is 11.3 Å². The second-order valence-electron chi connectivity index (χ2n) is 7.42. The number of nitrogens with zero attached hydrogens (tertiary/aromatic N) is 1. The molecule has 3 nitrogen and oxygen atoms in total. The summed E-state index contributed by atoms with van der Waals surface area (Å²) in [7, 11) is 0. The largest absolute Gasteiger partial charge is 0.361 e. The van der Waals surface area contributed by atoms with Crippen LogP contribution in [0.4, 0.5) is 0 Å². The zero-order valence-electron chi connectivity index (χ0n) is 16.6. The maximum Gasteiger partial charge on any atom is 0.111 e. The molecular formula is C26H23N3S. The Morgan fingerprint density at radius 1 is 0.867 bits per heavy atom. The number of rotatable bonds is 7. The van der Waals surface area contributed by atoms with E-state index in [2.05, 4.69) is 101 Å². The molecule has 2 aromatic heterocycles. The molecule has 1 atom stereocenters. The maximum absolute atomic E-state index is 5.00. The number of para-hydroxylation sites is 1. The van der Waals surface area contributed by atoms with Crippen LogP contribution in [-0.2, 0) is 13.0 Å². The van der Waals surface area contributed by atoms with E-state index in [0.717, 1.165) is 29.2 Å². The number of nitrogens with one attached hydrogen (secondary N) is 2. The van der Waals surface area contributed by atoms with Gasteiger partial charge in [-0.25, -0.2) is 4.98 Å². The highest BCUT2D eigenvalue weighted by molar-refractivity contribution is 7.10. The van der Waals surface area contributed by atoms with Gasteiger partial charge in [-0.05, 0) is 23.6 Å². The van der Waals surface area contributed by atoms with Crippen molar-refractivity contribution in [3.8, 4) is 11.3 Å². The van der Waals surface area contributed by atoms with Crippen LogP contribution in [0.5, 0.6) is 0 Å². The van der Waals surface area contributed by atoms with Gasteiger partial charge in [0.1, 0.15) is 5.01 Å². The molecule has 0 bridgehead atoms. The molecule has 0 amide bonds. The molecule has 0 aliphatic rings. The molecule has 0 fully saturated rings. The van der Waals surface area contributed by atoms with Crippen LogP contribution in [0.25, 0.3) is 22.2 Å². The third kappa shape index (κ3) is 4.06. The molecule has 4 heteroatoms. The highest BCUT2D eigenvalue weighted by atomic mass is 32.1. The van der Waals surface area contributed by atoms with E-state index in [1.54, 1.807) is 11.3 Å². The summed E-state index contributed by atoms with van der Waals surface area (Å²) < 4.78 is 0. The Balaban J connectivity index is 1.44. The van der Waals surface area contributed by atoms with Crippen LogP contribution < -0.4 is 5.32 Å². The molecule has 0 aliphatic carbocycles. The molecular weight excluding hydrogens is 386 g/mol. The molecule has 5 aromatic rings. The SMILES string of the molecule is c1ccc(CN[C@H](Cc2c[nH]c3ccccc23)c2nc(-c3ccccc3)cs2)cc1. The van der Waals surface area contributed by atoms with Crippen molar-refractivity contribution < 1.29 is 0 Å². The first-order chi connectivity index (χ1) is 14.9. The lowest BCUT2D eigenvalue weighted by Crippen LogP contribution is -2.23. The highest BCUT2D eigenvalue weighted by Crippen LogP contribution is 2.29. The summed E-state index contributed by atoms with van der Waals surface area (Å²) >= 11 is 1.73. The fourth-order valence-electron chi connectivity index (χ4n) is 3.79. The van der Waals surface area contributed by atoms with E-state index in [-0.39, 0.29) is 6.04 Å². The second kappa shape index (κ2) is 8.66. The smallest absolute Gasteiger partial charge is 0.111 e. The van der Waals surface area contributed by atoms with Gasteiger partial charge in [0.25, 0.3) is 0 Å². The van der Waals surface area contributed by atoms with Gasteiger partial charge in [0.2, 0.25) is 0 Å². The summed E-state index contributed by atoms with van der Waals surface area (Å²) in [5.41, 5.74) is 5.97. The van der Waals surface area contributed by atoms with Crippen LogP contribution in [0.1, 0.15) is 22.2 Å². The maximum atomic E-state index is 5.00. The van der Waals surface area contributed by atoms with Crippen LogP contribution in [0.3, 0.4) is 0 Å². The van der Waals surface area contributed by atoms with Crippen molar-refractivity contribution in [2.45, 2.75) is 19.0 Å². The highest BCUT2D eigenvalue weighted by Gasteiger charge is 2.18. The predicted molar refractivity (Wildman–Crippen MR) is 126 cm³/mol. The molecule has 0 radical (unpaired) electrons. The Bertz CT molecular complexity index is 1220. The Hall–Kier alpha value is -3.21. The van der Waals surface area contributed by atoms with Crippen molar-refractivity contribution >= 4 is 22.2 Å². The lowest BCUT2D eigenvalue weighted by molar-refractivity contribution is 0.529. The number of hydrogen-bond acceptors (Lipinski definition) is 3. The molecule has 0 saturated carbocycles. The van der Waals surface area contributed by atoms with Gasteiger partial charge in [-0.3, -0.25) is 0 Å². The third-order valence-electron chi connectivity index (χ3n) is 5.38. The summed E-state index contributed by atoms with van der Waals surface area (Å²) in [6.07, 6.45) is 3.02. The summed E-state index contributed by atoms with van der Waals surface area (Å²) in [6.45, 7) is 0.814. The van der Waals surface area contributed by atoms with Crippen molar-refractivity contribution in [3.05, 3.63) is 113 Å². The Morgan fingerprint density at radius 3 is 2.43 bits per heavy atom. The zero-order chi connectivity index (χ0) is 20.2. The van der Waals surface area contributed by atoms with E-state index in [9.17, 15) is 0 Å². The number of thiazole rings is 1. The number of benzene rings is 3. The number of aromatic amines is 1. The molecule has 3 aromatic carbocycles. The first-order valence-corrected chi connectivity index (χ1v) is 11.1. The van der Waals surface area contributed by atoms with Crippen LogP contribution in [0, 0.1) is 0 Å². The third-order valence-corrected chi connectivity index (χ3v) is 6.34. The van der Waals surface area contributed by atoms with E-state index < -0.39 is 0 Å². The van der Waals surface area contributed by atoms with Crippen LogP contribution in [-0.4, -0.2) is 9.97 Å². The summed E-state index contributed by atoms with van der Waals surface area (Å²) in [6, 6.07) is 29.6. The van der Waals surface area contributed by atoms with Crippen molar-refractivity contribution in [3.63, 3.8) is 0 Å². The van der Waals surface area contributed by atoms with Crippen LogP contribution in [0.15, 0.2) is 96.5 Å². The molecule has 2 N–H and O–H groups in total. The van der Waals surface area contributed by atoms with E-state index in [4.69, 9.17) is 4.98 Å². The number of fused-ring (bicyclic) bond motifs is 1. The molecule has 148 valence electrons. The average molecular weight is 410 g/mol. The van der Waals surface area contributed by atoms with E-state index in [1.807, 2.05) is 6.07 Å². The average Bonchev–Trinajstić information content (AvgIpc) is 3.46. The molecule has 0 unspecified atom stereocenters. The standard InChI is InChI=1S/C26H23N3S/c1-3-9-19(10-4-1)16-27-24(15-21-17-28-23-14-8-7-13-22(21)23)26-29-25(18-30-26)20-11-5-2-6-12-20/h1-14,17-18,24,27-28H,15-16H2/t24-/m1/s1. The van der Waals surface area contributed by atoms with Crippen molar-refractivity contribution in [2.75, 3.05) is 0 Å². The quantitative estimate of drug-likeness (QED) is 0.328. The minimum Gasteiger partial charge on any atom is -0.361 e. The number of H-pyrrole nitrogens is 1. The molecule has 0 aliphatic heterocycles. The second-order valence-corrected chi connectivity index (χ2v) is 8.31. The summed E-state index contributed by atoms with van der Waals surface area (Å²) in [4.78, 5) is 8.40. The van der Waals surface area contributed by atoms with E-state index >= 15 is 0 Å². The zero-order valence-corrected chi connectivity index (χ0v) is 17.4. The molecule has 30 heavy (non-hydrogen) atoms. The molecule has 2 heterocycles. The lowest BCUT2D eigenvalue weighted by atomic mass is 10.0. The minimum absolute atomic E-state index is 0.145. The van der Waals surface area contributed by atoms with Crippen molar-refractivity contribution in [1.29, 1.82) is 0 Å². The predicted octanol–water partition coefficient (Wildman–Crippen LogP) is 6.37. The Kier molecular flexibility index (Phi) is 5.42. The summed E-state index contributed by atoms with van der Waals surface area (Å²) in [5, 5.41) is 8.32. The van der Waals surface area contributed by atoms with Gasteiger partial charge in [0.05, 0.1) is 11.7 Å². The fourth-order valence-corrected chi connectivity index (χ4v) is 4.70. The minimum atomic E-state index is 0.145. The number of aromatic nitrogens is 2. The number of hydrogen-bond donors (Lipinski definition) is 2. The monoisotopic (exact) mass is 409 g/mol. The lowest BCUT2D eigenvalue weighted by Gasteiger charge is -2.16. The Labute approximate surface area is 180 Å². The molecule has 0 saturated heterocycles. The van der Waals surface area contributed by atoms with Gasteiger partial charge >= 0.3 is 0 Å². The van der Waals surface area contributed by atoms with Crippen LogP contribution in [0.2, 0.25) is 0 Å². The van der Waals surface area contributed by atoms with Gasteiger partial charge in [-0.1, -0.05) is 78.9 Å². The van der Waals surface area contributed by atoms with Crippen molar-refractivity contribution in [2.24, 2.45) is 0 Å². The topological polar surface area (TPSA) is 40.7 Å². The Morgan fingerprint density at radius 2 is 1.60 bits per heavy atom. The van der Waals surface area contributed by atoms with Gasteiger partial charge in [-0.2, -0.15) is 0 Å². The van der Waals surface area contributed by atoms with E-state index in [0.29, 0.717) is 0 Å².